The molecule has 0 bridgehead atoms. The molecule has 3 N–H and O–H groups in total. The number of benzene rings is 1. The highest BCUT2D eigenvalue weighted by Crippen LogP contribution is 2.34. The Morgan fingerprint density at radius 1 is 1.26 bits per heavy atom. The Morgan fingerprint density at radius 2 is 2.10 bits per heavy atom. The first-order valence-electron chi connectivity index (χ1n) is 10.0. The zero-order chi connectivity index (χ0) is 21.4. The van der Waals surface area contributed by atoms with Crippen molar-refractivity contribution >= 4 is 28.3 Å². The van der Waals surface area contributed by atoms with Crippen LogP contribution in [0.1, 0.15) is 23.2 Å². The lowest BCUT2D eigenvalue weighted by atomic mass is 10.2. The molecule has 0 atom stereocenters. The van der Waals surface area contributed by atoms with Gasteiger partial charge in [-0.2, -0.15) is 5.10 Å². The number of nitrogens with two attached hydrogens (primary N) is 1. The van der Waals surface area contributed by atoms with E-state index in [1.807, 2.05) is 22.9 Å². The minimum absolute atomic E-state index is 0.254. The van der Waals surface area contributed by atoms with Gasteiger partial charge in [-0.05, 0) is 30.9 Å². The van der Waals surface area contributed by atoms with E-state index in [9.17, 15) is 4.79 Å². The molecule has 156 valence electrons. The standard InChI is InChI=1S/C22H21N7O2/c1-31-18-11-25-22(27-21(18)26-16-8-9-24-10-15(16)20(23)30)19-14-4-2-3-5-17(14)29(28-19)12-13-6-7-13/h2-5,8-11,13H,6-7,12H2,1H3,(H2,23,30)(H,24,25,26,27). The predicted molar refractivity (Wildman–Crippen MR) is 116 cm³/mol. The molecule has 3 heterocycles. The Hall–Kier alpha value is -4.01. The number of anilines is 2. The number of methoxy groups -OCH3 is 1. The molecule has 1 saturated carbocycles. The molecule has 0 radical (unpaired) electrons. The van der Waals surface area contributed by atoms with E-state index in [0.717, 1.165) is 17.4 Å². The van der Waals surface area contributed by atoms with Crippen molar-refractivity contribution in [2.24, 2.45) is 11.7 Å². The summed E-state index contributed by atoms with van der Waals surface area (Å²) in [6, 6.07) is 9.73. The van der Waals surface area contributed by atoms with Crippen LogP contribution in [0.3, 0.4) is 0 Å². The quantitative estimate of drug-likeness (QED) is 0.475. The van der Waals surface area contributed by atoms with E-state index in [2.05, 4.69) is 26.3 Å². The zero-order valence-corrected chi connectivity index (χ0v) is 16.9. The maximum absolute atomic E-state index is 11.8. The number of ether oxygens (including phenoxy) is 1. The van der Waals surface area contributed by atoms with Crippen LogP contribution in [0.2, 0.25) is 0 Å². The van der Waals surface area contributed by atoms with Crippen molar-refractivity contribution in [2.45, 2.75) is 19.4 Å². The van der Waals surface area contributed by atoms with Gasteiger partial charge in [0, 0.05) is 24.3 Å². The van der Waals surface area contributed by atoms with Gasteiger partial charge >= 0.3 is 0 Å². The van der Waals surface area contributed by atoms with Gasteiger partial charge in [-0.3, -0.25) is 14.5 Å². The minimum Gasteiger partial charge on any atom is -0.491 e. The lowest BCUT2D eigenvalue weighted by Gasteiger charge is -2.12. The van der Waals surface area contributed by atoms with E-state index >= 15 is 0 Å². The van der Waals surface area contributed by atoms with Crippen LogP contribution in [0.15, 0.2) is 48.9 Å². The first kappa shape index (κ1) is 19.0. The smallest absolute Gasteiger partial charge is 0.252 e. The highest BCUT2D eigenvalue weighted by molar-refractivity contribution is 5.99. The van der Waals surface area contributed by atoms with Crippen LogP contribution in [0.25, 0.3) is 22.4 Å². The highest BCUT2D eigenvalue weighted by Gasteiger charge is 2.24. The number of aromatic nitrogens is 5. The van der Waals surface area contributed by atoms with Crippen LogP contribution in [0, 0.1) is 5.92 Å². The van der Waals surface area contributed by atoms with E-state index in [0.29, 0.717) is 34.7 Å². The number of para-hydroxylation sites is 1. The second-order valence-corrected chi connectivity index (χ2v) is 7.51. The molecular formula is C22H21N7O2. The van der Waals surface area contributed by atoms with Gasteiger partial charge in [0.25, 0.3) is 5.91 Å². The van der Waals surface area contributed by atoms with Crippen molar-refractivity contribution in [2.75, 3.05) is 12.4 Å². The topological polar surface area (TPSA) is 121 Å². The normalized spacial score (nSPS) is 13.3. The average molecular weight is 415 g/mol. The van der Waals surface area contributed by atoms with Crippen molar-refractivity contribution in [3.8, 4) is 17.3 Å². The minimum atomic E-state index is -0.589. The number of carbonyl (C=O) groups is 1. The number of hydrogen-bond donors (Lipinski definition) is 2. The summed E-state index contributed by atoms with van der Waals surface area (Å²) in [7, 11) is 1.53. The number of pyridine rings is 1. The van der Waals surface area contributed by atoms with Gasteiger partial charge in [0.15, 0.2) is 17.4 Å². The molecule has 0 saturated heterocycles. The number of hydrogen-bond acceptors (Lipinski definition) is 7. The molecule has 5 rings (SSSR count). The third kappa shape index (κ3) is 3.65. The van der Waals surface area contributed by atoms with Crippen LogP contribution in [0.5, 0.6) is 5.75 Å². The fraction of sp³-hybridized carbons (Fsp3) is 0.227. The monoisotopic (exact) mass is 415 g/mol. The van der Waals surface area contributed by atoms with E-state index < -0.39 is 5.91 Å². The van der Waals surface area contributed by atoms with Crippen LogP contribution < -0.4 is 15.8 Å². The summed E-state index contributed by atoms with van der Waals surface area (Å²) in [6.07, 6.45) is 7.04. The Balaban J connectivity index is 1.58. The fourth-order valence-corrected chi connectivity index (χ4v) is 3.53. The number of amides is 1. The van der Waals surface area contributed by atoms with Gasteiger partial charge in [-0.1, -0.05) is 18.2 Å². The maximum Gasteiger partial charge on any atom is 0.252 e. The second-order valence-electron chi connectivity index (χ2n) is 7.51. The van der Waals surface area contributed by atoms with Gasteiger partial charge in [0.05, 0.1) is 30.1 Å². The predicted octanol–water partition coefficient (Wildman–Crippen LogP) is 3.15. The second kappa shape index (κ2) is 7.67. The van der Waals surface area contributed by atoms with Crippen LogP contribution in [-0.2, 0) is 6.54 Å². The van der Waals surface area contributed by atoms with Crippen molar-refractivity contribution in [3.63, 3.8) is 0 Å². The van der Waals surface area contributed by atoms with Crippen molar-refractivity contribution in [1.29, 1.82) is 0 Å². The molecule has 31 heavy (non-hydrogen) atoms. The van der Waals surface area contributed by atoms with Crippen molar-refractivity contribution in [1.82, 2.24) is 24.7 Å². The Bertz CT molecular complexity index is 1280. The number of primary amides is 1. The molecule has 1 amide bonds. The maximum atomic E-state index is 11.8. The van der Waals surface area contributed by atoms with E-state index in [4.69, 9.17) is 15.6 Å². The van der Waals surface area contributed by atoms with Gasteiger partial charge in [0.2, 0.25) is 0 Å². The molecule has 0 spiro atoms. The number of carbonyl (C=O) groups excluding carboxylic acids is 1. The third-order valence-electron chi connectivity index (χ3n) is 5.31. The molecule has 0 unspecified atom stereocenters. The average Bonchev–Trinajstić information content (AvgIpc) is 3.54. The molecule has 9 nitrogen and oxygen atoms in total. The summed E-state index contributed by atoms with van der Waals surface area (Å²) in [5, 5.41) is 8.94. The van der Waals surface area contributed by atoms with E-state index in [-0.39, 0.29) is 5.56 Å². The molecule has 0 aliphatic heterocycles. The van der Waals surface area contributed by atoms with Crippen LogP contribution in [-0.4, -0.2) is 37.7 Å². The Labute approximate surface area is 178 Å². The van der Waals surface area contributed by atoms with Crippen LogP contribution >= 0.6 is 0 Å². The summed E-state index contributed by atoms with van der Waals surface area (Å²) in [6.45, 7) is 0.890. The summed E-state index contributed by atoms with van der Waals surface area (Å²) >= 11 is 0. The lowest BCUT2D eigenvalue weighted by molar-refractivity contribution is 0.100. The first-order chi connectivity index (χ1) is 15.1. The summed E-state index contributed by atoms with van der Waals surface area (Å²) in [5.41, 5.74) is 7.97. The number of fused-ring (bicyclic) bond motifs is 1. The van der Waals surface area contributed by atoms with E-state index in [1.54, 1.807) is 18.5 Å². The van der Waals surface area contributed by atoms with Crippen molar-refractivity contribution in [3.05, 3.63) is 54.5 Å². The molecule has 1 aromatic carbocycles. The highest BCUT2D eigenvalue weighted by atomic mass is 16.5. The molecule has 1 aliphatic rings. The molecule has 9 heteroatoms. The van der Waals surface area contributed by atoms with Gasteiger partial charge in [0.1, 0.15) is 5.69 Å². The lowest BCUT2D eigenvalue weighted by Crippen LogP contribution is -2.14. The summed E-state index contributed by atoms with van der Waals surface area (Å²) < 4.78 is 7.46. The third-order valence-corrected chi connectivity index (χ3v) is 5.31. The number of nitrogens with zero attached hydrogens (tertiary/aromatic N) is 5. The van der Waals surface area contributed by atoms with Gasteiger partial charge in [-0.15, -0.1) is 0 Å². The number of rotatable bonds is 7. The molecule has 1 aliphatic carbocycles. The summed E-state index contributed by atoms with van der Waals surface area (Å²) in [5.74, 6) is 1.39. The van der Waals surface area contributed by atoms with Gasteiger partial charge in [-0.25, -0.2) is 9.97 Å². The number of nitrogens with one attached hydrogen (secondary N) is 1. The zero-order valence-electron chi connectivity index (χ0n) is 16.9. The van der Waals surface area contributed by atoms with E-state index in [1.165, 1.54) is 26.1 Å². The molecule has 3 aromatic heterocycles. The van der Waals surface area contributed by atoms with Gasteiger partial charge < -0.3 is 15.8 Å². The molecule has 1 fully saturated rings. The Kier molecular flexibility index (Phi) is 4.70. The largest absolute Gasteiger partial charge is 0.491 e. The Morgan fingerprint density at radius 3 is 2.87 bits per heavy atom. The SMILES string of the molecule is COc1cnc(-c2nn(CC3CC3)c3ccccc23)nc1Nc1ccncc1C(N)=O. The molecule has 4 aromatic rings. The molecular weight excluding hydrogens is 394 g/mol. The fourth-order valence-electron chi connectivity index (χ4n) is 3.53. The first-order valence-corrected chi connectivity index (χ1v) is 10.0. The van der Waals surface area contributed by atoms with Crippen LogP contribution in [0.4, 0.5) is 11.5 Å². The summed E-state index contributed by atoms with van der Waals surface area (Å²) in [4.78, 5) is 24.9. The van der Waals surface area contributed by atoms with Crippen molar-refractivity contribution < 1.29 is 9.53 Å².